The minimum Gasteiger partial charge on any atom is -0.322 e. The van der Waals surface area contributed by atoms with Gasteiger partial charge in [-0.3, -0.25) is 0 Å². The van der Waals surface area contributed by atoms with Crippen LogP contribution < -0.4 is 0 Å². The third kappa shape index (κ3) is 2.54. The van der Waals surface area contributed by atoms with E-state index in [-0.39, 0.29) is 11.6 Å². The molecule has 0 N–H and O–H groups in total. The van der Waals surface area contributed by atoms with E-state index in [2.05, 4.69) is 4.98 Å². The average molecular weight is 290 g/mol. The van der Waals surface area contributed by atoms with E-state index in [1.807, 2.05) is 11.6 Å². The quantitative estimate of drug-likeness (QED) is 0.675. The topological polar surface area (TPSA) is 17.8 Å². The van der Waals surface area contributed by atoms with Gasteiger partial charge in [0, 0.05) is 12.8 Å². The Balaban J connectivity index is 1.84. The van der Waals surface area contributed by atoms with E-state index in [1.165, 1.54) is 24.3 Å². The molecular weight excluding hydrogens is 278 g/mol. The number of nitrogens with zero attached hydrogens (tertiary/aromatic N) is 2. The van der Waals surface area contributed by atoms with Crippen LogP contribution in [0.1, 0.15) is 5.56 Å². The molecule has 1 heterocycles. The normalized spacial score (nSPS) is 11.2. The van der Waals surface area contributed by atoms with Gasteiger partial charge in [0.1, 0.15) is 11.6 Å². The van der Waals surface area contributed by atoms with E-state index in [1.54, 1.807) is 30.0 Å². The van der Waals surface area contributed by atoms with Gasteiger partial charge in [0.25, 0.3) is 0 Å². The molecule has 102 valence electrons. The minimum absolute atomic E-state index is 0.239. The van der Waals surface area contributed by atoms with Gasteiger partial charge in [-0.25, -0.2) is 13.8 Å². The van der Waals surface area contributed by atoms with Crippen molar-refractivity contribution in [1.82, 2.24) is 9.55 Å². The van der Waals surface area contributed by atoms with Crippen molar-refractivity contribution in [2.75, 3.05) is 0 Å². The van der Waals surface area contributed by atoms with Gasteiger partial charge in [-0.2, -0.15) is 0 Å². The second kappa shape index (κ2) is 5.25. The molecule has 0 radical (unpaired) electrons. The Bertz CT molecular complexity index is 750. The van der Waals surface area contributed by atoms with Crippen molar-refractivity contribution >= 4 is 22.8 Å². The Kier molecular flexibility index (Phi) is 3.44. The summed E-state index contributed by atoms with van der Waals surface area (Å²) in [4.78, 5) is 4.47. The number of rotatable bonds is 3. The highest BCUT2D eigenvalue weighted by Crippen LogP contribution is 2.26. The van der Waals surface area contributed by atoms with E-state index in [4.69, 9.17) is 0 Å². The third-order valence-corrected chi connectivity index (χ3v) is 4.18. The average Bonchev–Trinajstić information content (AvgIpc) is 2.75. The predicted molar refractivity (Wildman–Crippen MR) is 76.6 cm³/mol. The minimum atomic E-state index is -0.268. The van der Waals surface area contributed by atoms with Gasteiger partial charge < -0.3 is 4.57 Å². The second-order valence-corrected chi connectivity index (χ2v) is 5.44. The molecule has 0 aliphatic heterocycles. The zero-order valence-corrected chi connectivity index (χ0v) is 11.6. The Morgan fingerprint density at radius 3 is 2.50 bits per heavy atom. The van der Waals surface area contributed by atoms with Crippen LogP contribution in [-0.4, -0.2) is 9.55 Å². The van der Waals surface area contributed by atoms with E-state index >= 15 is 0 Å². The fraction of sp³-hybridized carbons (Fsp3) is 0.133. The first-order valence-electron chi connectivity index (χ1n) is 6.13. The van der Waals surface area contributed by atoms with Crippen molar-refractivity contribution in [3.8, 4) is 0 Å². The summed E-state index contributed by atoms with van der Waals surface area (Å²) in [5.74, 6) is 0.187. The molecule has 0 unspecified atom stereocenters. The fourth-order valence-electron chi connectivity index (χ4n) is 2.00. The first-order valence-corrected chi connectivity index (χ1v) is 7.11. The first kappa shape index (κ1) is 13.1. The van der Waals surface area contributed by atoms with Crippen LogP contribution in [0.3, 0.4) is 0 Å². The van der Waals surface area contributed by atoms with E-state index in [0.717, 1.165) is 21.8 Å². The van der Waals surface area contributed by atoms with Crippen LogP contribution in [0.5, 0.6) is 0 Å². The van der Waals surface area contributed by atoms with Crippen molar-refractivity contribution in [3.63, 3.8) is 0 Å². The lowest BCUT2D eigenvalue weighted by molar-refractivity contribution is 0.627. The number of halogens is 2. The SMILES string of the molecule is Cn1c(SCc2ccc(F)cc2)nc2ccc(F)cc21. The second-order valence-electron chi connectivity index (χ2n) is 4.50. The molecule has 0 aliphatic rings. The largest absolute Gasteiger partial charge is 0.322 e. The number of hydrogen-bond acceptors (Lipinski definition) is 2. The van der Waals surface area contributed by atoms with Crippen molar-refractivity contribution in [2.24, 2.45) is 7.05 Å². The Labute approximate surface area is 119 Å². The molecule has 20 heavy (non-hydrogen) atoms. The number of imidazole rings is 1. The van der Waals surface area contributed by atoms with Crippen molar-refractivity contribution in [3.05, 3.63) is 59.7 Å². The molecule has 0 fully saturated rings. The highest BCUT2D eigenvalue weighted by Gasteiger charge is 2.09. The number of thioether (sulfide) groups is 1. The zero-order valence-electron chi connectivity index (χ0n) is 10.8. The molecule has 0 saturated heterocycles. The highest BCUT2D eigenvalue weighted by atomic mass is 32.2. The molecule has 0 spiro atoms. The lowest BCUT2D eigenvalue weighted by Gasteiger charge is -2.02. The molecule has 0 aliphatic carbocycles. The maximum Gasteiger partial charge on any atom is 0.169 e. The summed E-state index contributed by atoms with van der Waals surface area (Å²) in [5.41, 5.74) is 2.57. The van der Waals surface area contributed by atoms with Crippen molar-refractivity contribution < 1.29 is 8.78 Å². The van der Waals surface area contributed by atoms with Gasteiger partial charge in [-0.05, 0) is 35.9 Å². The molecule has 2 aromatic carbocycles. The fourth-order valence-corrected chi connectivity index (χ4v) is 2.94. The monoisotopic (exact) mass is 290 g/mol. The molecule has 0 atom stereocenters. The van der Waals surface area contributed by atoms with E-state index in [9.17, 15) is 8.78 Å². The van der Waals surface area contributed by atoms with E-state index < -0.39 is 0 Å². The highest BCUT2D eigenvalue weighted by molar-refractivity contribution is 7.98. The summed E-state index contributed by atoms with van der Waals surface area (Å²) in [7, 11) is 1.86. The van der Waals surface area contributed by atoms with Crippen LogP contribution in [0.2, 0.25) is 0 Å². The molecule has 5 heteroatoms. The summed E-state index contributed by atoms with van der Waals surface area (Å²) in [6, 6.07) is 11.0. The standard InChI is InChI=1S/C15H12F2N2S/c1-19-14-8-12(17)6-7-13(14)18-15(19)20-9-10-2-4-11(16)5-3-10/h2-8H,9H2,1H3. The van der Waals surface area contributed by atoms with Gasteiger partial charge in [-0.1, -0.05) is 23.9 Å². The third-order valence-electron chi connectivity index (χ3n) is 3.08. The van der Waals surface area contributed by atoms with Crippen LogP contribution in [0.25, 0.3) is 11.0 Å². The van der Waals surface area contributed by atoms with Gasteiger partial charge in [0.05, 0.1) is 11.0 Å². The number of benzene rings is 2. The molecule has 3 aromatic rings. The summed E-state index contributed by atoms with van der Waals surface area (Å²) in [5, 5.41) is 0.815. The lowest BCUT2D eigenvalue weighted by Crippen LogP contribution is -1.91. The van der Waals surface area contributed by atoms with Gasteiger partial charge in [0.15, 0.2) is 5.16 Å². The Morgan fingerprint density at radius 1 is 1.05 bits per heavy atom. The van der Waals surface area contributed by atoms with Gasteiger partial charge in [-0.15, -0.1) is 0 Å². The molecule has 0 amide bonds. The Hall–Kier alpha value is -1.88. The summed E-state index contributed by atoms with van der Waals surface area (Å²) in [6.45, 7) is 0. The summed E-state index contributed by atoms with van der Waals surface area (Å²) >= 11 is 1.54. The molecule has 1 aromatic heterocycles. The van der Waals surface area contributed by atoms with Crippen LogP contribution in [0.15, 0.2) is 47.6 Å². The molecular formula is C15H12F2N2S. The predicted octanol–water partition coefficient (Wildman–Crippen LogP) is 4.14. The van der Waals surface area contributed by atoms with Crippen LogP contribution >= 0.6 is 11.8 Å². The maximum atomic E-state index is 13.2. The lowest BCUT2D eigenvalue weighted by atomic mass is 10.2. The molecule has 0 bridgehead atoms. The molecule has 2 nitrogen and oxygen atoms in total. The van der Waals surface area contributed by atoms with E-state index in [0.29, 0.717) is 5.75 Å². The van der Waals surface area contributed by atoms with Crippen molar-refractivity contribution in [2.45, 2.75) is 10.9 Å². The van der Waals surface area contributed by atoms with Crippen molar-refractivity contribution in [1.29, 1.82) is 0 Å². The van der Waals surface area contributed by atoms with Crippen LogP contribution in [-0.2, 0) is 12.8 Å². The number of aromatic nitrogens is 2. The zero-order chi connectivity index (χ0) is 14.1. The van der Waals surface area contributed by atoms with Gasteiger partial charge in [0.2, 0.25) is 0 Å². The first-order chi connectivity index (χ1) is 9.63. The number of hydrogen-bond donors (Lipinski definition) is 0. The Morgan fingerprint density at radius 2 is 1.75 bits per heavy atom. The smallest absolute Gasteiger partial charge is 0.169 e. The van der Waals surface area contributed by atoms with Gasteiger partial charge >= 0.3 is 0 Å². The number of aryl methyl sites for hydroxylation is 1. The number of fused-ring (bicyclic) bond motifs is 1. The maximum absolute atomic E-state index is 13.2. The molecule has 3 rings (SSSR count). The van der Waals surface area contributed by atoms with Crippen LogP contribution in [0.4, 0.5) is 8.78 Å². The van der Waals surface area contributed by atoms with Crippen LogP contribution in [0, 0.1) is 11.6 Å². The summed E-state index contributed by atoms with van der Waals surface area (Å²) in [6.07, 6.45) is 0. The molecule has 0 saturated carbocycles. The summed E-state index contributed by atoms with van der Waals surface area (Å²) < 4.78 is 27.9.